The van der Waals surface area contributed by atoms with Crippen LogP contribution in [0.3, 0.4) is 0 Å². The van der Waals surface area contributed by atoms with Gasteiger partial charge in [-0.05, 0) is 42.8 Å². The Hall–Kier alpha value is -2.89. The summed E-state index contributed by atoms with van der Waals surface area (Å²) in [4.78, 5) is 4.61. The summed E-state index contributed by atoms with van der Waals surface area (Å²) in [7, 11) is -3.76. The lowest BCUT2D eigenvalue weighted by atomic mass is 10.00. The highest BCUT2D eigenvalue weighted by molar-refractivity contribution is 7.92. The van der Waals surface area contributed by atoms with E-state index >= 15 is 0 Å². The van der Waals surface area contributed by atoms with Crippen LogP contribution in [-0.2, 0) is 10.0 Å². The Morgan fingerprint density at radius 1 is 0.929 bits per heavy atom. The zero-order valence-electron chi connectivity index (χ0n) is 15.1. The van der Waals surface area contributed by atoms with Crippen molar-refractivity contribution in [3.8, 4) is 11.1 Å². The number of aromatic nitrogens is 1. The molecule has 0 unspecified atom stereocenters. The molecule has 3 aromatic carbocycles. The highest BCUT2D eigenvalue weighted by Crippen LogP contribution is 2.36. The normalized spacial score (nSPS) is 11.5. The van der Waals surface area contributed by atoms with Crippen molar-refractivity contribution in [3.63, 3.8) is 0 Å². The molecule has 6 heteroatoms. The van der Waals surface area contributed by atoms with Gasteiger partial charge in [-0.1, -0.05) is 59.6 Å². The maximum absolute atomic E-state index is 12.9. The summed E-state index contributed by atoms with van der Waals surface area (Å²) in [6.45, 7) is 1.91. The zero-order chi connectivity index (χ0) is 19.7. The first-order chi connectivity index (χ1) is 13.4. The molecule has 1 N–H and O–H groups in total. The molecule has 0 aliphatic heterocycles. The Morgan fingerprint density at radius 2 is 1.64 bits per heavy atom. The Morgan fingerprint density at radius 3 is 2.36 bits per heavy atom. The summed E-state index contributed by atoms with van der Waals surface area (Å²) >= 11 is 6.21. The maximum Gasteiger partial charge on any atom is 0.261 e. The number of nitrogens with zero attached hydrogens (tertiary/aromatic N) is 1. The van der Waals surface area contributed by atoms with E-state index in [9.17, 15) is 8.42 Å². The molecule has 0 radical (unpaired) electrons. The Bertz CT molecular complexity index is 1260. The quantitative estimate of drug-likeness (QED) is 0.473. The fraction of sp³-hybridized carbons (Fsp3) is 0.0455. The molecule has 0 spiro atoms. The number of halogens is 1. The van der Waals surface area contributed by atoms with E-state index < -0.39 is 10.0 Å². The van der Waals surface area contributed by atoms with Gasteiger partial charge < -0.3 is 0 Å². The van der Waals surface area contributed by atoms with Crippen LogP contribution in [-0.4, -0.2) is 13.4 Å². The number of benzene rings is 3. The smallest absolute Gasteiger partial charge is 0.261 e. The Labute approximate surface area is 168 Å². The van der Waals surface area contributed by atoms with Crippen molar-refractivity contribution < 1.29 is 8.42 Å². The minimum atomic E-state index is -3.76. The summed E-state index contributed by atoms with van der Waals surface area (Å²) in [5, 5.41) is 1.34. The third-order valence-corrected chi connectivity index (χ3v) is 6.08. The standard InChI is InChI=1S/C22H17ClN2O2S/c1-15-7-10-18(11-8-15)28(26,27)25-21-14-24-20-12-9-17(23)13-19(20)22(21)16-5-3-2-4-6-16/h2-14,25H,1H3. The SMILES string of the molecule is Cc1ccc(S(=O)(=O)Nc2cnc3ccc(Cl)cc3c2-c2ccccc2)cc1. The Balaban J connectivity index is 1.90. The van der Waals surface area contributed by atoms with Crippen LogP contribution >= 0.6 is 11.6 Å². The van der Waals surface area contributed by atoms with Crippen LogP contribution in [0.4, 0.5) is 5.69 Å². The molecule has 4 aromatic rings. The molecule has 0 saturated carbocycles. The van der Waals surface area contributed by atoms with Gasteiger partial charge in [0.25, 0.3) is 10.0 Å². The van der Waals surface area contributed by atoms with Crippen molar-refractivity contribution in [2.75, 3.05) is 4.72 Å². The van der Waals surface area contributed by atoms with Gasteiger partial charge in [0.1, 0.15) is 0 Å². The van der Waals surface area contributed by atoms with E-state index in [1.54, 1.807) is 42.6 Å². The van der Waals surface area contributed by atoms with Gasteiger partial charge >= 0.3 is 0 Å². The van der Waals surface area contributed by atoms with Gasteiger partial charge in [0.15, 0.2) is 0 Å². The van der Waals surface area contributed by atoms with Gasteiger partial charge in [-0.15, -0.1) is 0 Å². The monoisotopic (exact) mass is 408 g/mol. The number of hydrogen-bond donors (Lipinski definition) is 1. The lowest BCUT2D eigenvalue weighted by Gasteiger charge is -2.15. The second-order valence-electron chi connectivity index (χ2n) is 6.49. The average Bonchev–Trinajstić information content (AvgIpc) is 2.68. The van der Waals surface area contributed by atoms with Crippen molar-refractivity contribution in [2.45, 2.75) is 11.8 Å². The van der Waals surface area contributed by atoms with Crippen molar-refractivity contribution in [1.29, 1.82) is 0 Å². The number of nitrogens with one attached hydrogen (secondary N) is 1. The number of anilines is 1. The predicted octanol–water partition coefficient (Wildman–Crippen LogP) is 5.66. The first kappa shape index (κ1) is 18.5. The van der Waals surface area contributed by atoms with E-state index in [1.165, 1.54) is 0 Å². The number of pyridine rings is 1. The predicted molar refractivity (Wildman–Crippen MR) is 114 cm³/mol. The fourth-order valence-electron chi connectivity index (χ4n) is 3.08. The van der Waals surface area contributed by atoms with Crippen molar-refractivity contribution in [2.24, 2.45) is 0 Å². The van der Waals surface area contributed by atoms with E-state index in [0.29, 0.717) is 10.7 Å². The molecule has 0 fully saturated rings. The minimum Gasteiger partial charge on any atom is -0.277 e. The largest absolute Gasteiger partial charge is 0.277 e. The topological polar surface area (TPSA) is 59.1 Å². The van der Waals surface area contributed by atoms with Crippen molar-refractivity contribution in [3.05, 3.63) is 89.6 Å². The van der Waals surface area contributed by atoms with E-state index in [4.69, 9.17) is 11.6 Å². The highest BCUT2D eigenvalue weighted by Gasteiger charge is 2.19. The average molecular weight is 409 g/mol. The summed E-state index contributed by atoms with van der Waals surface area (Å²) in [6.07, 6.45) is 1.55. The van der Waals surface area contributed by atoms with Gasteiger partial charge in [0.2, 0.25) is 0 Å². The van der Waals surface area contributed by atoms with Crippen LogP contribution < -0.4 is 4.72 Å². The minimum absolute atomic E-state index is 0.198. The summed E-state index contributed by atoms with van der Waals surface area (Å²) in [6, 6.07) is 21.7. The van der Waals surface area contributed by atoms with Crippen LogP contribution in [0.5, 0.6) is 0 Å². The molecule has 0 atom stereocenters. The van der Waals surface area contributed by atoms with Gasteiger partial charge in [0.05, 0.1) is 22.3 Å². The van der Waals surface area contributed by atoms with Crippen molar-refractivity contribution in [1.82, 2.24) is 4.98 Å². The van der Waals surface area contributed by atoms with Crippen LogP contribution in [0.25, 0.3) is 22.0 Å². The lowest BCUT2D eigenvalue weighted by molar-refractivity contribution is 0.601. The maximum atomic E-state index is 12.9. The van der Waals surface area contributed by atoms with Gasteiger partial charge in [-0.2, -0.15) is 0 Å². The summed E-state index contributed by atoms with van der Waals surface area (Å²) in [5.74, 6) is 0. The van der Waals surface area contributed by atoms with Crippen LogP contribution in [0.2, 0.25) is 5.02 Å². The number of sulfonamides is 1. The van der Waals surface area contributed by atoms with Gasteiger partial charge in [-0.3, -0.25) is 9.71 Å². The molecule has 4 nitrogen and oxygen atoms in total. The molecule has 0 saturated heterocycles. The van der Waals surface area contributed by atoms with Crippen molar-refractivity contribution >= 4 is 38.2 Å². The zero-order valence-corrected chi connectivity index (χ0v) is 16.6. The molecule has 28 heavy (non-hydrogen) atoms. The lowest BCUT2D eigenvalue weighted by Crippen LogP contribution is -2.14. The van der Waals surface area contributed by atoms with E-state index in [-0.39, 0.29) is 4.90 Å². The second kappa shape index (κ2) is 7.26. The molecule has 0 bridgehead atoms. The van der Waals surface area contributed by atoms with E-state index in [2.05, 4.69) is 9.71 Å². The molecule has 4 rings (SSSR count). The molecular weight excluding hydrogens is 392 g/mol. The Kier molecular flexibility index (Phi) is 4.79. The molecule has 0 amide bonds. The van der Waals surface area contributed by atoms with E-state index in [0.717, 1.165) is 27.6 Å². The molecule has 1 aromatic heterocycles. The number of rotatable bonds is 4. The third kappa shape index (κ3) is 3.59. The molecule has 0 aliphatic rings. The van der Waals surface area contributed by atoms with E-state index in [1.807, 2.05) is 43.3 Å². The van der Waals surface area contributed by atoms with Gasteiger partial charge in [-0.25, -0.2) is 8.42 Å². The van der Waals surface area contributed by atoms with Crippen LogP contribution in [0.1, 0.15) is 5.56 Å². The molecule has 1 heterocycles. The molecule has 140 valence electrons. The molecular formula is C22H17ClN2O2S. The molecule has 0 aliphatic carbocycles. The van der Waals surface area contributed by atoms with Crippen LogP contribution in [0.15, 0.2) is 83.9 Å². The first-order valence-corrected chi connectivity index (χ1v) is 10.5. The highest BCUT2D eigenvalue weighted by atomic mass is 35.5. The summed E-state index contributed by atoms with van der Waals surface area (Å²) < 4.78 is 28.6. The second-order valence-corrected chi connectivity index (χ2v) is 8.61. The number of aryl methyl sites for hydroxylation is 1. The number of fused-ring (bicyclic) bond motifs is 1. The first-order valence-electron chi connectivity index (χ1n) is 8.67. The summed E-state index contributed by atoms with van der Waals surface area (Å²) in [5.41, 5.74) is 3.75. The van der Waals surface area contributed by atoms with Crippen LogP contribution in [0, 0.1) is 6.92 Å². The fourth-order valence-corrected chi connectivity index (χ4v) is 4.31. The van der Waals surface area contributed by atoms with Gasteiger partial charge in [0, 0.05) is 16.0 Å². The third-order valence-electron chi connectivity index (χ3n) is 4.47. The number of hydrogen-bond acceptors (Lipinski definition) is 3.